The summed E-state index contributed by atoms with van der Waals surface area (Å²) in [6.45, 7) is 0. The highest BCUT2D eigenvalue weighted by atomic mass is 16.5. The molecule has 2 aliphatic rings. The molecule has 2 aromatic rings. The molecule has 1 saturated heterocycles. The number of benzene rings is 2. The third kappa shape index (κ3) is 2.85. The number of fused-ring (bicyclic) bond motifs is 1. The zero-order valence-electron chi connectivity index (χ0n) is 15.8. The molecule has 28 heavy (non-hydrogen) atoms. The lowest BCUT2D eigenvalue weighted by Crippen LogP contribution is -2.34. The van der Waals surface area contributed by atoms with Gasteiger partial charge in [0.1, 0.15) is 5.78 Å². The highest BCUT2D eigenvalue weighted by Crippen LogP contribution is 2.47. The first-order valence-corrected chi connectivity index (χ1v) is 9.21. The Morgan fingerprint density at radius 1 is 0.821 bits per heavy atom. The molecule has 0 spiro atoms. The van der Waals surface area contributed by atoms with E-state index in [1.54, 1.807) is 43.5 Å². The molecule has 0 bridgehead atoms. The Balaban J connectivity index is 1.75. The lowest BCUT2D eigenvalue weighted by atomic mass is 9.70. The van der Waals surface area contributed by atoms with Crippen molar-refractivity contribution in [3.63, 3.8) is 0 Å². The summed E-state index contributed by atoms with van der Waals surface area (Å²) in [4.78, 5) is 39.9. The summed E-state index contributed by atoms with van der Waals surface area (Å²) < 4.78 is 10.7. The summed E-state index contributed by atoms with van der Waals surface area (Å²) in [6.07, 6.45) is 0.348. The van der Waals surface area contributed by atoms with E-state index < -0.39 is 11.8 Å². The van der Waals surface area contributed by atoms with Crippen LogP contribution in [0.25, 0.3) is 0 Å². The van der Waals surface area contributed by atoms with Crippen LogP contribution in [0.15, 0.2) is 48.5 Å². The van der Waals surface area contributed by atoms with Crippen molar-refractivity contribution in [1.82, 2.24) is 0 Å². The van der Waals surface area contributed by atoms with Crippen molar-refractivity contribution in [1.29, 1.82) is 0 Å². The summed E-state index contributed by atoms with van der Waals surface area (Å²) in [6, 6.07) is 14.3. The molecule has 144 valence electrons. The molecular weight excluding hydrogens is 358 g/mol. The third-order valence-electron chi connectivity index (χ3n) is 5.66. The van der Waals surface area contributed by atoms with E-state index in [9.17, 15) is 14.4 Å². The fraction of sp³-hybridized carbons (Fsp3) is 0.318. The number of imide groups is 1. The van der Waals surface area contributed by atoms with Gasteiger partial charge in [0.25, 0.3) is 0 Å². The number of anilines is 1. The fourth-order valence-electron chi connectivity index (χ4n) is 4.36. The Morgan fingerprint density at radius 2 is 1.50 bits per heavy atom. The minimum Gasteiger partial charge on any atom is -0.493 e. The molecule has 6 nitrogen and oxygen atoms in total. The smallest absolute Gasteiger partial charge is 0.238 e. The van der Waals surface area contributed by atoms with Gasteiger partial charge in [-0.1, -0.05) is 24.3 Å². The molecule has 2 aromatic carbocycles. The van der Waals surface area contributed by atoms with Crippen LogP contribution >= 0.6 is 0 Å². The third-order valence-corrected chi connectivity index (χ3v) is 5.66. The van der Waals surface area contributed by atoms with Crippen LogP contribution in [-0.2, 0) is 14.4 Å². The molecule has 1 saturated carbocycles. The number of ketones is 1. The highest BCUT2D eigenvalue weighted by molar-refractivity contribution is 6.23. The Labute approximate surface area is 163 Å². The number of nitrogens with zero attached hydrogens (tertiary/aromatic N) is 1. The van der Waals surface area contributed by atoms with Crippen molar-refractivity contribution in [3.05, 3.63) is 54.1 Å². The van der Waals surface area contributed by atoms with Crippen molar-refractivity contribution >= 4 is 23.3 Å². The molecule has 0 aromatic heterocycles. The van der Waals surface area contributed by atoms with Crippen molar-refractivity contribution in [2.24, 2.45) is 11.8 Å². The number of carbonyl (C=O) groups is 3. The van der Waals surface area contributed by atoms with Crippen LogP contribution in [0, 0.1) is 11.8 Å². The van der Waals surface area contributed by atoms with Gasteiger partial charge in [-0.2, -0.15) is 0 Å². The molecule has 1 aliphatic heterocycles. The van der Waals surface area contributed by atoms with E-state index in [1.165, 1.54) is 12.0 Å². The number of para-hydroxylation sites is 1. The first-order chi connectivity index (χ1) is 13.5. The number of rotatable bonds is 4. The van der Waals surface area contributed by atoms with Crippen LogP contribution in [0.3, 0.4) is 0 Å². The largest absolute Gasteiger partial charge is 0.493 e. The fourth-order valence-corrected chi connectivity index (χ4v) is 4.36. The molecule has 6 heteroatoms. The van der Waals surface area contributed by atoms with E-state index in [-0.39, 0.29) is 36.4 Å². The first kappa shape index (κ1) is 18.2. The van der Waals surface area contributed by atoms with E-state index >= 15 is 0 Å². The first-order valence-electron chi connectivity index (χ1n) is 9.21. The van der Waals surface area contributed by atoms with Crippen LogP contribution in [0.1, 0.15) is 24.3 Å². The number of ether oxygens (including phenoxy) is 2. The highest BCUT2D eigenvalue weighted by Gasteiger charge is 2.54. The average Bonchev–Trinajstić information content (AvgIpc) is 2.97. The number of hydrogen-bond donors (Lipinski definition) is 0. The maximum absolute atomic E-state index is 13.3. The predicted molar refractivity (Wildman–Crippen MR) is 102 cm³/mol. The number of hydrogen-bond acceptors (Lipinski definition) is 5. The standard InChI is InChI=1S/C22H21NO5/c1-27-18-9-8-13(10-19(18)28-2)16-11-15(24)12-17-20(16)22(26)23(21(17)25)14-6-4-3-5-7-14/h3-10,16-17,20H,11-12H2,1-2H3. The predicted octanol–water partition coefficient (Wildman–Crippen LogP) is 2.96. The van der Waals surface area contributed by atoms with Crippen molar-refractivity contribution in [2.75, 3.05) is 19.1 Å². The van der Waals surface area contributed by atoms with Gasteiger partial charge >= 0.3 is 0 Å². The number of amides is 2. The second-order valence-corrected chi connectivity index (χ2v) is 7.15. The van der Waals surface area contributed by atoms with Crippen LogP contribution in [0.4, 0.5) is 5.69 Å². The molecular formula is C22H21NO5. The van der Waals surface area contributed by atoms with Crippen molar-refractivity contribution in [2.45, 2.75) is 18.8 Å². The molecule has 3 atom stereocenters. The minimum atomic E-state index is -0.618. The Hall–Kier alpha value is -3.15. The maximum atomic E-state index is 13.3. The number of methoxy groups -OCH3 is 2. The van der Waals surface area contributed by atoms with E-state index in [1.807, 2.05) is 12.1 Å². The van der Waals surface area contributed by atoms with E-state index in [2.05, 4.69) is 0 Å². The van der Waals surface area contributed by atoms with Crippen molar-refractivity contribution < 1.29 is 23.9 Å². The molecule has 0 radical (unpaired) electrons. The average molecular weight is 379 g/mol. The van der Waals surface area contributed by atoms with Gasteiger partial charge in [0, 0.05) is 18.8 Å². The van der Waals surface area contributed by atoms with E-state index in [4.69, 9.17) is 9.47 Å². The van der Waals surface area contributed by atoms with Crippen LogP contribution in [0.2, 0.25) is 0 Å². The zero-order valence-corrected chi connectivity index (χ0v) is 15.8. The van der Waals surface area contributed by atoms with E-state index in [0.29, 0.717) is 17.2 Å². The summed E-state index contributed by atoms with van der Waals surface area (Å²) in [5.74, 6) is -0.965. The van der Waals surface area contributed by atoms with Gasteiger partial charge in [-0.15, -0.1) is 0 Å². The summed E-state index contributed by atoms with van der Waals surface area (Å²) >= 11 is 0. The zero-order chi connectivity index (χ0) is 19.8. The van der Waals surface area contributed by atoms with Crippen LogP contribution in [-0.4, -0.2) is 31.8 Å². The second-order valence-electron chi connectivity index (χ2n) is 7.15. The number of Topliss-reactive ketones (excluding diaryl/α,β-unsaturated/α-hetero) is 1. The van der Waals surface area contributed by atoms with Gasteiger partial charge < -0.3 is 9.47 Å². The van der Waals surface area contributed by atoms with Gasteiger partial charge in [0.05, 0.1) is 31.7 Å². The lowest BCUT2D eigenvalue weighted by molar-refractivity contribution is -0.130. The van der Waals surface area contributed by atoms with Crippen LogP contribution in [0.5, 0.6) is 11.5 Å². The number of carbonyl (C=O) groups excluding carboxylic acids is 3. The second kappa shape index (κ2) is 7.11. The summed E-state index contributed by atoms with van der Waals surface area (Å²) in [7, 11) is 3.09. The van der Waals surface area contributed by atoms with Gasteiger partial charge in [0.15, 0.2) is 11.5 Å². The summed E-state index contributed by atoms with van der Waals surface area (Å²) in [5, 5.41) is 0. The molecule has 4 rings (SSSR count). The topological polar surface area (TPSA) is 72.9 Å². The van der Waals surface area contributed by atoms with Gasteiger partial charge in [-0.05, 0) is 29.8 Å². The summed E-state index contributed by atoms with van der Waals surface area (Å²) in [5.41, 5.74) is 1.35. The van der Waals surface area contributed by atoms with Gasteiger partial charge in [-0.25, -0.2) is 0 Å². The molecule has 2 amide bonds. The molecule has 3 unspecified atom stereocenters. The quantitative estimate of drug-likeness (QED) is 0.764. The van der Waals surface area contributed by atoms with E-state index in [0.717, 1.165) is 5.56 Å². The molecule has 1 aliphatic carbocycles. The molecule has 1 heterocycles. The molecule has 2 fully saturated rings. The lowest BCUT2D eigenvalue weighted by Gasteiger charge is -2.30. The van der Waals surface area contributed by atoms with Crippen molar-refractivity contribution in [3.8, 4) is 11.5 Å². The minimum absolute atomic E-state index is 0.00269. The van der Waals surface area contributed by atoms with Gasteiger partial charge in [0.2, 0.25) is 11.8 Å². The van der Waals surface area contributed by atoms with Gasteiger partial charge in [-0.3, -0.25) is 19.3 Å². The monoisotopic (exact) mass is 379 g/mol. The normalized spacial score (nSPS) is 24.3. The Kier molecular flexibility index (Phi) is 4.63. The SMILES string of the molecule is COc1ccc(C2CC(=O)CC3C(=O)N(c4ccccc4)C(=O)C32)cc1OC. The Bertz CT molecular complexity index is 939. The maximum Gasteiger partial charge on any atom is 0.238 e. The molecule has 0 N–H and O–H groups in total. The Morgan fingerprint density at radius 3 is 2.18 bits per heavy atom. The van der Waals surface area contributed by atoms with Crippen LogP contribution < -0.4 is 14.4 Å².